The lowest BCUT2D eigenvalue weighted by Crippen LogP contribution is -2.49. The number of imidazole rings is 1. The Labute approximate surface area is 167 Å². The van der Waals surface area contributed by atoms with E-state index in [9.17, 15) is 14.4 Å². The second-order valence-electron chi connectivity index (χ2n) is 7.20. The van der Waals surface area contributed by atoms with Gasteiger partial charge in [-0.2, -0.15) is 4.98 Å². The molecule has 152 valence electrons. The fourth-order valence-corrected chi connectivity index (χ4v) is 3.77. The average molecular weight is 396 g/mol. The highest BCUT2D eigenvalue weighted by Crippen LogP contribution is 2.21. The number of nitrogens with zero attached hydrogens (tertiary/aromatic N) is 5. The number of aromatic amines is 1. The van der Waals surface area contributed by atoms with Crippen molar-refractivity contribution < 1.29 is 4.79 Å². The molecule has 9 nitrogen and oxygen atoms in total. The molecule has 29 heavy (non-hydrogen) atoms. The van der Waals surface area contributed by atoms with E-state index in [0.717, 1.165) is 6.42 Å². The van der Waals surface area contributed by atoms with Crippen LogP contribution in [0.25, 0.3) is 11.2 Å². The first-order chi connectivity index (χ1) is 14.0. The predicted octanol–water partition coefficient (Wildman–Crippen LogP) is 0.796. The monoisotopic (exact) mass is 396 g/mol. The molecule has 0 saturated carbocycles. The summed E-state index contributed by atoms with van der Waals surface area (Å²) in [6, 6.07) is 9.25. The van der Waals surface area contributed by atoms with Crippen molar-refractivity contribution in [3.05, 3.63) is 56.7 Å². The third-order valence-corrected chi connectivity index (χ3v) is 5.30. The summed E-state index contributed by atoms with van der Waals surface area (Å²) in [5, 5.41) is 0. The van der Waals surface area contributed by atoms with E-state index in [2.05, 4.69) is 14.9 Å². The first-order valence-electron chi connectivity index (χ1n) is 9.80. The third kappa shape index (κ3) is 3.32. The van der Waals surface area contributed by atoms with Crippen molar-refractivity contribution in [2.75, 3.05) is 31.1 Å². The molecule has 0 bridgehead atoms. The summed E-state index contributed by atoms with van der Waals surface area (Å²) in [5.74, 6) is 0.687. The molecule has 4 rings (SSSR count). The quantitative estimate of drug-likeness (QED) is 0.704. The number of benzene rings is 1. The average Bonchev–Trinajstić information content (AvgIpc) is 3.13. The van der Waals surface area contributed by atoms with Gasteiger partial charge in [0, 0.05) is 45.3 Å². The first kappa shape index (κ1) is 19.0. The molecule has 0 aliphatic carbocycles. The minimum Gasteiger partial charge on any atom is -0.339 e. The lowest BCUT2D eigenvalue weighted by atomic mass is 10.2. The number of fused-ring (bicyclic) bond motifs is 1. The highest BCUT2D eigenvalue weighted by Gasteiger charge is 2.26. The summed E-state index contributed by atoms with van der Waals surface area (Å²) in [6.45, 7) is 5.00. The second kappa shape index (κ2) is 7.57. The fraction of sp³-hybridized carbons (Fsp3) is 0.400. The minimum atomic E-state index is -0.478. The normalized spacial score (nSPS) is 14.6. The Hall–Kier alpha value is -3.36. The van der Waals surface area contributed by atoms with Crippen LogP contribution in [0.4, 0.5) is 5.95 Å². The van der Waals surface area contributed by atoms with Gasteiger partial charge in [0.25, 0.3) is 11.5 Å². The van der Waals surface area contributed by atoms with Gasteiger partial charge in [0.05, 0.1) is 0 Å². The molecule has 1 amide bonds. The van der Waals surface area contributed by atoms with Crippen LogP contribution >= 0.6 is 0 Å². The van der Waals surface area contributed by atoms with E-state index < -0.39 is 11.2 Å². The smallest absolute Gasteiger partial charge is 0.329 e. The Morgan fingerprint density at radius 2 is 1.79 bits per heavy atom. The molecule has 1 N–H and O–H groups in total. The van der Waals surface area contributed by atoms with Crippen molar-refractivity contribution in [2.24, 2.45) is 7.05 Å². The van der Waals surface area contributed by atoms with E-state index in [4.69, 9.17) is 0 Å². The molecule has 3 heterocycles. The number of amides is 1. The molecule has 0 spiro atoms. The zero-order valence-electron chi connectivity index (χ0n) is 16.6. The zero-order chi connectivity index (χ0) is 20.5. The van der Waals surface area contributed by atoms with Crippen LogP contribution in [0.3, 0.4) is 0 Å². The number of piperazine rings is 1. The molecule has 1 aliphatic rings. The maximum atomic E-state index is 12.7. The van der Waals surface area contributed by atoms with Gasteiger partial charge in [-0.05, 0) is 18.6 Å². The maximum Gasteiger partial charge on any atom is 0.329 e. The van der Waals surface area contributed by atoms with Crippen LogP contribution in [-0.4, -0.2) is 56.1 Å². The number of H-pyrrole nitrogens is 1. The molecule has 2 aromatic heterocycles. The van der Waals surface area contributed by atoms with Crippen LogP contribution in [0.5, 0.6) is 0 Å². The fourth-order valence-electron chi connectivity index (χ4n) is 3.77. The first-order valence-corrected chi connectivity index (χ1v) is 9.80. The van der Waals surface area contributed by atoms with Crippen LogP contribution in [0, 0.1) is 0 Å². The molecule has 0 atom stereocenters. The summed E-state index contributed by atoms with van der Waals surface area (Å²) in [5.41, 5.74) is 0.569. The number of rotatable bonds is 4. The number of anilines is 1. The third-order valence-electron chi connectivity index (χ3n) is 5.30. The molecule has 1 aromatic carbocycles. The Balaban J connectivity index is 1.63. The maximum absolute atomic E-state index is 12.7. The van der Waals surface area contributed by atoms with E-state index in [1.165, 1.54) is 4.57 Å². The van der Waals surface area contributed by atoms with Crippen LogP contribution in [0.2, 0.25) is 0 Å². The van der Waals surface area contributed by atoms with Gasteiger partial charge < -0.3 is 14.4 Å². The van der Waals surface area contributed by atoms with Crippen molar-refractivity contribution in [2.45, 2.75) is 19.9 Å². The van der Waals surface area contributed by atoms with Crippen molar-refractivity contribution in [1.82, 2.24) is 24.0 Å². The minimum absolute atomic E-state index is 0.0196. The molecule has 0 radical (unpaired) electrons. The molecular weight excluding hydrogens is 372 g/mol. The topological polar surface area (TPSA) is 96.2 Å². The highest BCUT2D eigenvalue weighted by atomic mass is 16.2. The number of aryl methyl sites for hydroxylation is 2. The largest absolute Gasteiger partial charge is 0.339 e. The lowest BCUT2D eigenvalue weighted by Gasteiger charge is -2.35. The van der Waals surface area contributed by atoms with Gasteiger partial charge in [-0.25, -0.2) is 4.79 Å². The number of carbonyl (C=O) groups is 1. The van der Waals surface area contributed by atoms with Gasteiger partial charge in [0.1, 0.15) is 0 Å². The Morgan fingerprint density at radius 1 is 1.10 bits per heavy atom. The molecule has 0 unspecified atom stereocenters. The summed E-state index contributed by atoms with van der Waals surface area (Å²) >= 11 is 0. The summed E-state index contributed by atoms with van der Waals surface area (Å²) < 4.78 is 3.24. The van der Waals surface area contributed by atoms with Crippen LogP contribution in [-0.2, 0) is 13.6 Å². The van der Waals surface area contributed by atoms with Gasteiger partial charge in [0.2, 0.25) is 5.95 Å². The number of aromatic nitrogens is 4. The van der Waals surface area contributed by atoms with Gasteiger partial charge in [0.15, 0.2) is 11.2 Å². The van der Waals surface area contributed by atoms with Gasteiger partial charge in [-0.3, -0.25) is 19.1 Å². The summed E-state index contributed by atoms with van der Waals surface area (Å²) in [4.78, 5) is 48.0. The lowest BCUT2D eigenvalue weighted by molar-refractivity contribution is 0.0746. The van der Waals surface area contributed by atoms with Crippen molar-refractivity contribution >= 4 is 23.0 Å². The number of hydrogen-bond donors (Lipinski definition) is 1. The zero-order valence-corrected chi connectivity index (χ0v) is 16.6. The molecule has 9 heteroatoms. The molecule has 1 fully saturated rings. The Kier molecular flexibility index (Phi) is 4.96. The highest BCUT2D eigenvalue weighted by molar-refractivity contribution is 5.94. The van der Waals surface area contributed by atoms with Gasteiger partial charge >= 0.3 is 5.69 Å². The van der Waals surface area contributed by atoms with E-state index in [1.807, 2.05) is 46.7 Å². The summed E-state index contributed by atoms with van der Waals surface area (Å²) in [6.07, 6.45) is 0.827. The van der Waals surface area contributed by atoms with Crippen LogP contribution in [0.1, 0.15) is 23.7 Å². The van der Waals surface area contributed by atoms with Crippen molar-refractivity contribution in [1.29, 1.82) is 0 Å². The Bertz CT molecular complexity index is 1150. The second-order valence-corrected chi connectivity index (χ2v) is 7.20. The van der Waals surface area contributed by atoms with E-state index in [-0.39, 0.29) is 5.91 Å². The van der Waals surface area contributed by atoms with Crippen molar-refractivity contribution in [3.8, 4) is 0 Å². The van der Waals surface area contributed by atoms with Crippen LogP contribution < -0.4 is 16.1 Å². The number of hydrogen-bond acceptors (Lipinski definition) is 5. The molecule has 3 aromatic rings. The molecule has 1 aliphatic heterocycles. The Morgan fingerprint density at radius 3 is 2.45 bits per heavy atom. The van der Waals surface area contributed by atoms with Crippen molar-refractivity contribution in [3.63, 3.8) is 0 Å². The predicted molar refractivity (Wildman–Crippen MR) is 110 cm³/mol. The van der Waals surface area contributed by atoms with Crippen LogP contribution in [0.15, 0.2) is 39.9 Å². The number of nitrogens with one attached hydrogen (secondary N) is 1. The molecule has 1 saturated heterocycles. The molecular formula is C20H24N6O3. The van der Waals surface area contributed by atoms with E-state index >= 15 is 0 Å². The SMILES string of the molecule is CCCn1c(N2CCN(C(=O)c3ccccc3)CC2)nc2c1c(=O)[nH]c(=O)n2C. The van der Waals surface area contributed by atoms with E-state index in [1.54, 1.807) is 7.05 Å². The van der Waals surface area contributed by atoms with Gasteiger partial charge in [-0.15, -0.1) is 0 Å². The van der Waals surface area contributed by atoms with E-state index in [0.29, 0.717) is 55.4 Å². The number of carbonyl (C=O) groups excluding carboxylic acids is 1. The van der Waals surface area contributed by atoms with Gasteiger partial charge in [-0.1, -0.05) is 25.1 Å². The summed E-state index contributed by atoms with van der Waals surface area (Å²) in [7, 11) is 1.60. The standard InChI is InChI=1S/C20H24N6O3/c1-3-9-26-15-16(23(2)20(29)22-17(15)27)21-19(26)25-12-10-24(11-13-25)18(28)14-7-5-4-6-8-14/h4-8H,3,9-13H2,1-2H3,(H,22,27,29).